The maximum Gasteiger partial charge on any atom is 0.223 e. The van der Waals surface area contributed by atoms with Gasteiger partial charge < -0.3 is 16.0 Å². The number of fused-ring (bicyclic) bond motifs is 3. The van der Waals surface area contributed by atoms with E-state index in [9.17, 15) is 4.79 Å². The molecule has 1 atom stereocenters. The zero-order chi connectivity index (χ0) is 17.3. The minimum Gasteiger partial charge on any atom is -0.358 e. The average molecular weight is 327 g/mol. The van der Waals surface area contributed by atoms with Crippen LogP contribution < -0.4 is 11.1 Å². The van der Waals surface area contributed by atoms with E-state index in [1.54, 1.807) is 0 Å². The number of rotatable bonds is 4. The van der Waals surface area contributed by atoms with E-state index >= 15 is 0 Å². The predicted octanol–water partition coefficient (Wildman–Crippen LogP) is 3.04. The summed E-state index contributed by atoms with van der Waals surface area (Å²) in [5, 5.41) is 4.32. The molecule has 3 rings (SSSR count). The van der Waals surface area contributed by atoms with Crippen LogP contribution >= 0.6 is 0 Å². The van der Waals surface area contributed by atoms with E-state index in [2.05, 4.69) is 49.3 Å². The number of aromatic nitrogens is 1. The molecule has 24 heavy (non-hydrogen) atoms. The molecule has 0 bridgehead atoms. The first-order valence-electron chi connectivity index (χ1n) is 9.02. The molecule has 0 saturated carbocycles. The molecule has 0 radical (unpaired) electrons. The second-order valence-electron chi connectivity index (χ2n) is 7.97. The molecule has 1 aliphatic rings. The molecule has 4 heteroatoms. The van der Waals surface area contributed by atoms with E-state index in [0.29, 0.717) is 13.1 Å². The van der Waals surface area contributed by atoms with E-state index in [-0.39, 0.29) is 17.2 Å². The van der Waals surface area contributed by atoms with Gasteiger partial charge in [-0.25, -0.2) is 0 Å². The molecule has 1 aromatic carbocycles. The molecule has 2 aromatic rings. The Bertz CT molecular complexity index is 739. The van der Waals surface area contributed by atoms with E-state index in [4.69, 9.17) is 5.73 Å². The Morgan fingerprint density at radius 2 is 2.17 bits per heavy atom. The van der Waals surface area contributed by atoms with Crippen LogP contribution in [0.5, 0.6) is 0 Å². The number of benzene rings is 1. The Morgan fingerprint density at radius 3 is 2.88 bits per heavy atom. The van der Waals surface area contributed by atoms with E-state index in [0.717, 1.165) is 25.7 Å². The first-order chi connectivity index (χ1) is 11.4. The van der Waals surface area contributed by atoms with Gasteiger partial charge in [-0.05, 0) is 60.9 Å². The number of nitrogens with two attached hydrogens (primary N) is 1. The molecule has 0 aliphatic heterocycles. The number of carbonyl (C=O) groups is 1. The normalized spacial score (nSPS) is 17.8. The second-order valence-corrected chi connectivity index (χ2v) is 7.97. The molecule has 0 spiro atoms. The number of hydrogen-bond donors (Lipinski definition) is 3. The standard InChI is InChI=1S/C20H29N3O/c1-20(2,3)14-6-8-18-16(12-14)15-11-13(5-7-17(15)23-18)19(24)22-10-4-9-21/h6,8,12-13,23H,4-5,7,9-11,21H2,1-3H3,(H,22,24). The van der Waals surface area contributed by atoms with Gasteiger partial charge in [0.2, 0.25) is 5.91 Å². The first-order valence-corrected chi connectivity index (χ1v) is 9.02. The van der Waals surface area contributed by atoms with Crippen molar-refractivity contribution < 1.29 is 4.79 Å². The van der Waals surface area contributed by atoms with Crippen molar-refractivity contribution in [2.75, 3.05) is 13.1 Å². The fraction of sp³-hybridized carbons (Fsp3) is 0.550. The lowest BCUT2D eigenvalue weighted by Crippen LogP contribution is -2.35. The van der Waals surface area contributed by atoms with Crippen LogP contribution in [0.2, 0.25) is 0 Å². The van der Waals surface area contributed by atoms with Gasteiger partial charge >= 0.3 is 0 Å². The number of carbonyl (C=O) groups excluding carboxylic acids is 1. The van der Waals surface area contributed by atoms with E-state index in [1.807, 2.05) is 0 Å². The molecule has 4 nitrogen and oxygen atoms in total. The van der Waals surface area contributed by atoms with Gasteiger partial charge in [0.25, 0.3) is 0 Å². The average Bonchev–Trinajstić information content (AvgIpc) is 2.91. The van der Waals surface area contributed by atoms with Crippen molar-refractivity contribution in [3.05, 3.63) is 35.0 Å². The summed E-state index contributed by atoms with van der Waals surface area (Å²) in [5.41, 5.74) is 10.8. The molecular weight excluding hydrogens is 298 g/mol. The molecule has 4 N–H and O–H groups in total. The van der Waals surface area contributed by atoms with Gasteiger partial charge in [0.1, 0.15) is 0 Å². The predicted molar refractivity (Wildman–Crippen MR) is 99.2 cm³/mol. The summed E-state index contributed by atoms with van der Waals surface area (Å²) in [7, 11) is 0. The number of hydrogen-bond acceptors (Lipinski definition) is 2. The minimum absolute atomic E-state index is 0.0765. The van der Waals surface area contributed by atoms with Crippen LogP contribution in [0.3, 0.4) is 0 Å². The highest BCUT2D eigenvalue weighted by Crippen LogP contribution is 2.34. The molecule has 1 amide bonds. The fourth-order valence-corrected chi connectivity index (χ4v) is 3.57. The van der Waals surface area contributed by atoms with Gasteiger partial charge in [0.05, 0.1) is 0 Å². The monoisotopic (exact) mass is 327 g/mol. The van der Waals surface area contributed by atoms with Crippen LogP contribution in [0.1, 0.15) is 50.4 Å². The molecule has 0 fully saturated rings. The van der Waals surface area contributed by atoms with Crippen molar-refractivity contribution in [2.45, 2.75) is 51.9 Å². The summed E-state index contributed by atoms with van der Waals surface area (Å²) < 4.78 is 0. The van der Waals surface area contributed by atoms with Gasteiger partial charge in [-0.3, -0.25) is 4.79 Å². The second kappa shape index (κ2) is 6.60. The zero-order valence-corrected chi connectivity index (χ0v) is 15.0. The SMILES string of the molecule is CC(C)(C)c1ccc2[nH]c3c(c2c1)CC(C(=O)NCCCN)CC3. The highest BCUT2D eigenvalue weighted by Gasteiger charge is 2.27. The lowest BCUT2D eigenvalue weighted by atomic mass is 9.83. The number of aromatic amines is 1. The number of nitrogens with one attached hydrogen (secondary N) is 2. The Kier molecular flexibility index (Phi) is 4.68. The fourth-order valence-electron chi connectivity index (χ4n) is 3.57. The van der Waals surface area contributed by atoms with Gasteiger partial charge in [0.15, 0.2) is 0 Å². The third-order valence-electron chi connectivity index (χ3n) is 5.10. The lowest BCUT2D eigenvalue weighted by molar-refractivity contribution is -0.125. The van der Waals surface area contributed by atoms with Crippen LogP contribution in [0.15, 0.2) is 18.2 Å². The molecule has 0 saturated heterocycles. The van der Waals surface area contributed by atoms with E-state index in [1.165, 1.54) is 27.7 Å². The first kappa shape index (κ1) is 17.0. The van der Waals surface area contributed by atoms with Crippen LogP contribution in [0.4, 0.5) is 0 Å². The van der Waals surface area contributed by atoms with Crippen LogP contribution in [0, 0.1) is 5.92 Å². The Hall–Kier alpha value is -1.81. The van der Waals surface area contributed by atoms with Gasteiger partial charge in [-0.1, -0.05) is 26.8 Å². The van der Waals surface area contributed by atoms with Crippen LogP contribution in [0.25, 0.3) is 10.9 Å². The Balaban J connectivity index is 1.85. The van der Waals surface area contributed by atoms with Crippen molar-refractivity contribution in [1.82, 2.24) is 10.3 Å². The van der Waals surface area contributed by atoms with Crippen LogP contribution in [-0.4, -0.2) is 24.0 Å². The summed E-state index contributed by atoms with van der Waals surface area (Å²) >= 11 is 0. The van der Waals surface area contributed by atoms with Gasteiger partial charge in [0, 0.05) is 29.1 Å². The number of H-pyrrole nitrogens is 1. The smallest absolute Gasteiger partial charge is 0.223 e. The molecule has 1 aliphatic carbocycles. The Morgan fingerprint density at radius 1 is 1.38 bits per heavy atom. The highest BCUT2D eigenvalue weighted by atomic mass is 16.1. The quantitative estimate of drug-likeness (QED) is 0.755. The van der Waals surface area contributed by atoms with E-state index < -0.39 is 0 Å². The zero-order valence-electron chi connectivity index (χ0n) is 15.0. The highest BCUT2D eigenvalue weighted by molar-refractivity contribution is 5.87. The van der Waals surface area contributed by atoms with Crippen molar-refractivity contribution in [3.63, 3.8) is 0 Å². The summed E-state index contributed by atoms with van der Waals surface area (Å²) in [6, 6.07) is 6.70. The van der Waals surface area contributed by atoms with Crippen molar-refractivity contribution >= 4 is 16.8 Å². The minimum atomic E-state index is 0.0765. The number of aryl methyl sites for hydroxylation is 1. The Labute approximate surface area is 144 Å². The summed E-state index contributed by atoms with van der Waals surface area (Å²) in [6.07, 6.45) is 3.54. The molecule has 1 unspecified atom stereocenters. The summed E-state index contributed by atoms with van der Waals surface area (Å²) in [4.78, 5) is 16.0. The topological polar surface area (TPSA) is 70.9 Å². The lowest BCUT2D eigenvalue weighted by Gasteiger charge is -2.22. The third-order valence-corrected chi connectivity index (χ3v) is 5.10. The van der Waals surface area contributed by atoms with Crippen molar-refractivity contribution in [1.29, 1.82) is 0 Å². The maximum absolute atomic E-state index is 12.4. The van der Waals surface area contributed by atoms with Crippen LogP contribution in [-0.2, 0) is 23.1 Å². The van der Waals surface area contributed by atoms with Gasteiger partial charge in [-0.15, -0.1) is 0 Å². The van der Waals surface area contributed by atoms with Gasteiger partial charge in [-0.2, -0.15) is 0 Å². The molecule has 130 valence electrons. The molecule has 1 heterocycles. The summed E-state index contributed by atoms with van der Waals surface area (Å²) in [6.45, 7) is 8.01. The largest absolute Gasteiger partial charge is 0.358 e. The number of amides is 1. The molecule has 1 aromatic heterocycles. The summed E-state index contributed by atoms with van der Waals surface area (Å²) in [5.74, 6) is 0.253. The third kappa shape index (κ3) is 3.34. The molecular formula is C20H29N3O. The van der Waals surface area contributed by atoms with Crippen molar-refractivity contribution in [2.24, 2.45) is 11.7 Å². The van der Waals surface area contributed by atoms with Crippen molar-refractivity contribution in [3.8, 4) is 0 Å². The maximum atomic E-state index is 12.4.